The lowest BCUT2D eigenvalue weighted by atomic mass is 9.83. The number of hydrogen-bond donors (Lipinski definition) is 1. The average Bonchev–Trinajstić information content (AvgIpc) is 2.71. The maximum atomic E-state index is 3.55. The van der Waals surface area contributed by atoms with Gasteiger partial charge in [-0.25, -0.2) is 0 Å². The van der Waals surface area contributed by atoms with E-state index in [2.05, 4.69) is 17.1 Å². The Labute approximate surface area is 101 Å². The first kappa shape index (κ1) is 12.4. The molecule has 0 aromatic heterocycles. The molecule has 1 unspecified atom stereocenters. The third-order valence-corrected chi connectivity index (χ3v) is 4.59. The molecule has 2 aliphatic rings. The van der Waals surface area contributed by atoms with Crippen molar-refractivity contribution in [3.8, 4) is 0 Å². The molecule has 2 heteroatoms. The highest BCUT2D eigenvalue weighted by Crippen LogP contribution is 2.31. The van der Waals surface area contributed by atoms with Crippen LogP contribution in [-0.4, -0.2) is 37.6 Å². The fourth-order valence-electron chi connectivity index (χ4n) is 3.29. The Kier molecular flexibility index (Phi) is 4.66. The van der Waals surface area contributed by atoms with Crippen LogP contribution < -0.4 is 5.32 Å². The normalized spacial score (nSPS) is 33.6. The van der Waals surface area contributed by atoms with Gasteiger partial charge in [0, 0.05) is 13.1 Å². The smallest absolute Gasteiger partial charge is 0.00505 e. The first-order chi connectivity index (χ1) is 7.85. The first-order valence-corrected chi connectivity index (χ1v) is 7.28. The second kappa shape index (κ2) is 6.02. The molecule has 2 heterocycles. The van der Waals surface area contributed by atoms with Gasteiger partial charge in [0.25, 0.3) is 0 Å². The van der Waals surface area contributed by atoms with Crippen LogP contribution in [0.1, 0.15) is 51.9 Å². The largest absolute Gasteiger partial charge is 0.316 e. The molecule has 16 heavy (non-hydrogen) atoms. The molecule has 0 aromatic carbocycles. The number of likely N-dealkylation sites (tertiary alicyclic amines) is 1. The van der Waals surface area contributed by atoms with Gasteiger partial charge in [-0.3, -0.25) is 0 Å². The van der Waals surface area contributed by atoms with Crippen LogP contribution in [0.3, 0.4) is 0 Å². The molecule has 0 aromatic rings. The molecule has 0 spiro atoms. The Balaban J connectivity index is 1.85. The molecule has 2 rings (SSSR count). The number of nitrogens with one attached hydrogen (secondary N) is 1. The zero-order chi connectivity index (χ0) is 11.3. The molecule has 2 aliphatic heterocycles. The standard InChI is InChI=1S/C14H28N2/c1-2-14(8-9-15-12-14)13-16-10-6-4-3-5-7-11-16/h15H,2-13H2,1H3. The van der Waals surface area contributed by atoms with Crippen molar-refractivity contribution in [1.82, 2.24) is 10.2 Å². The van der Waals surface area contributed by atoms with Crippen LogP contribution in [-0.2, 0) is 0 Å². The van der Waals surface area contributed by atoms with E-state index in [0.717, 1.165) is 0 Å². The van der Waals surface area contributed by atoms with E-state index < -0.39 is 0 Å². The van der Waals surface area contributed by atoms with Gasteiger partial charge < -0.3 is 10.2 Å². The summed E-state index contributed by atoms with van der Waals surface area (Å²) >= 11 is 0. The van der Waals surface area contributed by atoms with Crippen molar-refractivity contribution in [1.29, 1.82) is 0 Å². The highest BCUT2D eigenvalue weighted by atomic mass is 15.1. The zero-order valence-electron chi connectivity index (χ0n) is 10.9. The molecule has 2 fully saturated rings. The second-order valence-electron chi connectivity index (χ2n) is 5.82. The van der Waals surface area contributed by atoms with Crippen LogP contribution in [0.5, 0.6) is 0 Å². The van der Waals surface area contributed by atoms with Crippen molar-refractivity contribution in [2.75, 3.05) is 32.7 Å². The van der Waals surface area contributed by atoms with Crippen LogP contribution in [0.15, 0.2) is 0 Å². The summed E-state index contributed by atoms with van der Waals surface area (Å²) in [6.45, 7) is 8.90. The number of rotatable bonds is 3. The van der Waals surface area contributed by atoms with E-state index in [1.165, 1.54) is 77.7 Å². The van der Waals surface area contributed by atoms with Gasteiger partial charge in [-0.2, -0.15) is 0 Å². The quantitative estimate of drug-likeness (QED) is 0.793. The van der Waals surface area contributed by atoms with Crippen molar-refractivity contribution >= 4 is 0 Å². The lowest BCUT2D eigenvalue weighted by Gasteiger charge is -2.35. The van der Waals surface area contributed by atoms with Gasteiger partial charge in [0.15, 0.2) is 0 Å². The summed E-state index contributed by atoms with van der Waals surface area (Å²) in [6.07, 6.45) is 9.95. The van der Waals surface area contributed by atoms with E-state index in [-0.39, 0.29) is 0 Å². The van der Waals surface area contributed by atoms with Gasteiger partial charge in [-0.05, 0) is 50.7 Å². The minimum Gasteiger partial charge on any atom is -0.316 e. The van der Waals surface area contributed by atoms with Gasteiger partial charge >= 0.3 is 0 Å². The minimum absolute atomic E-state index is 0.596. The summed E-state index contributed by atoms with van der Waals surface area (Å²) in [6, 6.07) is 0. The van der Waals surface area contributed by atoms with Gasteiger partial charge in [-0.15, -0.1) is 0 Å². The van der Waals surface area contributed by atoms with Crippen molar-refractivity contribution < 1.29 is 0 Å². The van der Waals surface area contributed by atoms with Gasteiger partial charge in [0.1, 0.15) is 0 Å². The number of hydrogen-bond acceptors (Lipinski definition) is 2. The van der Waals surface area contributed by atoms with E-state index in [0.29, 0.717) is 5.41 Å². The summed E-state index contributed by atoms with van der Waals surface area (Å²) in [5.41, 5.74) is 0.596. The zero-order valence-corrected chi connectivity index (χ0v) is 10.9. The molecule has 1 N–H and O–H groups in total. The maximum Gasteiger partial charge on any atom is 0.00505 e. The summed E-state index contributed by atoms with van der Waals surface area (Å²) in [5, 5.41) is 3.55. The maximum absolute atomic E-state index is 3.55. The van der Waals surface area contributed by atoms with Crippen LogP contribution >= 0.6 is 0 Å². The topological polar surface area (TPSA) is 15.3 Å². The average molecular weight is 224 g/mol. The summed E-state index contributed by atoms with van der Waals surface area (Å²) < 4.78 is 0. The monoisotopic (exact) mass is 224 g/mol. The SMILES string of the molecule is CCC1(CN2CCCCCCC2)CCNC1. The summed E-state index contributed by atoms with van der Waals surface area (Å²) in [7, 11) is 0. The third kappa shape index (κ3) is 3.21. The molecular formula is C14H28N2. The molecule has 94 valence electrons. The highest BCUT2D eigenvalue weighted by Gasteiger charge is 2.33. The Morgan fingerprint density at radius 1 is 1.06 bits per heavy atom. The molecule has 0 bridgehead atoms. The third-order valence-electron chi connectivity index (χ3n) is 4.59. The summed E-state index contributed by atoms with van der Waals surface area (Å²) in [5.74, 6) is 0. The number of nitrogens with zero attached hydrogens (tertiary/aromatic N) is 1. The Morgan fingerprint density at radius 3 is 2.31 bits per heavy atom. The van der Waals surface area contributed by atoms with Gasteiger partial charge in [-0.1, -0.05) is 26.2 Å². The lowest BCUT2D eigenvalue weighted by Crippen LogP contribution is -2.40. The Bertz CT molecular complexity index is 189. The fraction of sp³-hybridized carbons (Fsp3) is 1.00. The Hall–Kier alpha value is -0.0800. The van der Waals surface area contributed by atoms with E-state index >= 15 is 0 Å². The lowest BCUT2D eigenvalue weighted by molar-refractivity contribution is 0.148. The molecule has 0 radical (unpaired) electrons. The van der Waals surface area contributed by atoms with Crippen LogP contribution in [0.2, 0.25) is 0 Å². The van der Waals surface area contributed by atoms with Crippen LogP contribution in [0.4, 0.5) is 0 Å². The molecule has 0 amide bonds. The second-order valence-corrected chi connectivity index (χ2v) is 5.82. The fourth-order valence-corrected chi connectivity index (χ4v) is 3.29. The van der Waals surface area contributed by atoms with Crippen molar-refractivity contribution in [3.63, 3.8) is 0 Å². The van der Waals surface area contributed by atoms with E-state index in [1.807, 2.05) is 0 Å². The van der Waals surface area contributed by atoms with Crippen molar-refractivity contribution in [2.24, 2.45) is 5.41 Å². The van der Waals surface area contributed by atoms with Gasteiger partial charge in [0.05, 0.1) is 0 Å². The van der Waals surface area contributed by atoms with Crippen molar-refractivity contribution in [3.05, 3.63) is 0 Å². The Morgan fingerprint density at radius 2 is 1.75 bits per heavy atom. The molecule has 2 nitrogen and oxygen atoms in total. The molecule has 0 aliphatic carbocycles. The highest BCUT2D eigenvalue weighted by molar-refractivity contribution is 4.89. The van der Waals surface area contributed by atoms with E-state index in [9.17, 15) is 0 Å². The molecule has 0 saturated carbocycles. The molecule has 1 atom stereocenters. The van der Waals surface area contributed by atoms with E-state index in [1.54, 1.807) is 0 Å². The van der Waals surface area contributed by atoms with E-state index in [4.69, 9.17) is 0 Å². The minimum atomic E-state index is 0.596. The van der Waals surface area contributed by atoms with Crippen LogP contribution in [0.25, 0.3) is 0 Å². The summed E-state index contributed by atoms with van der Waals surface area (Å²) in [4.78, 5) is 2.75. The first-order valence-electron chi connectivity index (χ1n) is 7.28. The van der Waals surface area contributed by atoms with Gasteiger partial charge in [0.2, 0.25) is 0 Å². The predicted octanol–water partition coefficient (Wildman–Crippen LogP) is 2.64. The predicted molar refractivity (Wildman–Crippen MR) is 69.7 cm³/mol. The van der Waals surface area contributed by atoms with Crippen LogP contribution in [0, 0.1) is 5.41 Å². The molecular weight excluding hydrogens is 196 g/mol. The van der Waals surface area contributed by atoms with Crippen molar-refractivity contribution in [2.45, 2.75) is 51.9 Å². The molecule has 2 saturated heterocycles.